The van der Waals surface area contributed by atoms with Gasteiger partial charge in [-0.3, -0.25) is 10.3 Å². The molecule has 1 aromatic carbocycles. The Morgan fingerprint density at radius 2 is 2.15 bits per heavy atom. The molecule has 0 aliphatic carbocycles. The minimum Gasteiger partial charge on any atom is -0.464 e. The highest BCUT2D eigenvalue weighted by molar-refractivity contribution is 6.31. The monoisotopic (exact) mass is 379 g/mol. The fourth-order valence-electron chi connectivity index (χ4n) is 2.35. The lowest BCUT2D eigenvalue weighted by atomic mass is 10.2. The van der Waals surface area contributed by atoms with Gasteiger partial charge in [0.25, 0.3) is 0 Å². The third kappa shape index (κ3) is 3.11. The van der Waals surface area contributed by atoms with E-state index in [-0.39, 0.29) is 27.9 Å². The molecule has 0 saturated heterocycles. The Bertz CT molecular complexity index is 1010. The lowest BCUT2D eigenvalue weighted by Crippen LogP contribution is -2.25. The number of rotatable bonds is 3. The SMILES string of the molecule is COC(=O)Nc1oc2cnccc2c1N(C(=O)O)c1ccc(F)c(Cl)c1. The van der Waals surface area contributed by atoms with Gasteiger partial charge in [-0.25, -0.2) is 18.9 Å². The molecule has 0 radical (unpaired) electrons. The number of pyridine rings is 1. The highest BCUT2D eigenvalue weighted by Crippen LogP contribution is 2.41. The Morgan fingerprint density at radius 3 is 2.81 bits per heavy atom. The van der Waals surface area contributed by atoms with Crippen molar-refractivity contribution in [2.24, 2.45) is 0 Å². The second-order valence-corrected chi connectivity index (χ2v) is 5.39. The topological polar surface area (TPSA) is 105 Å². The van der Waals surface area contributed by atoms with Crippen molar-refractivity contribution in [2.75, 3.05) is 17.3 Å². The summed E-state index contributed by atoms with van der Waals surface area (Å²) >= 11 is 5.77. The zero-order chi connectivity index (χ0) is 18.8. The number of carbonyl (C=O) groups is 2. The highest BCUT2D eigenvalue weighted by atomic mass is 35.5. The molecule has 2 aromatic heterocycles. The van der Waals surface area contributed by atoms with E-state index in [1.54, 1.807) is 0 Å². The minimum atomic E-state index is -1.40. The minimum absolute atomic E-state index is 0.00275. The smallest absolute Gasteiger partial charge is 0.416 e. The first-order valence-electron chi connectivity index (χ1n) is 7.12. The summed E-state index contributed by atoms with van der Waals surface area (Å²) in [6.45, 7) is 0. The standard InChI is InChI=1S/C16H11ClFN3O5/c1-25-15(22)20-14-13(9-4-5-19-7-12(9)26-14)21(16(23)24)8-2-3-11(18)10(17)6-8/h2-7H,1H3,(H,20,22)(H,23,24). The van der Waals surface area contributed by atoms with Crippen LogP contribution in [-0.2, 0) is 4.74 Å². The highest BCUT2D eigenvalue weighted by Gasteiger charge is 2.28. The Morgan fingerprint density at radius 1 is 1.38 bits per heavy atom. The average Bonchev–Trinajstić information content (AvgIpc) is 2.96. The number of nitrogens with zero attached hydrogens (tertiary/aromatic N) is 2. The van der Waals surface area contributed by atoms with Crippen LogP contribution in [0.25, 0.3) is 11.0 Å². The van der Waals surface area contributed by atoms with Crippen LogP contribution < -0.4 is 10.2 Å². The van der Waals surface area contributed by atoms with Crippen LogP contribution in [0.2, 0.25) is 5.02 Å². The van der Waals surface area contributed by atoms with Gasteiger partial charge in [-0.2, -0.15) is 0 Å². The fourth-order valence-corrected chi connectivity index (χ4v) is 2.52. The molecule has 10 heteroatoms. The second-order valence-electron chi connectivity index (χ2n) is 4.98. The number of benzene rings is 1. The van der Waals surface area contributed by atoms with Crippen molar-refractivity contribution in [1.82, 2.24) is 4.98 Å². The van der Waals surface area contributed by atoms with E-state index in [2.05, 4.69) is 15.0 Å². The molecule has 0 saturated carbocycles. The molecule has 26 heavy (non-hydrogen) atoms. The molecule has 0 aliphatic rings. The van der Waals surface area contributed by atoms with Crippen LogP contribution in [0.1, 0.15) is 0 Å². The molecule has 2 heterocycles. The lowest BCUT2D eigenvalue weighted by molar-refractivity contribution is 0.186. The summed E-state index contributed by atoms with van der Waals surface area (Å²) in [7, 11) is 1.15. The number of ether oxygens (including phenoxy) is 1. The summed E-state index contributed by atoms with van der Waals surface area (Å²) < 4.78 is 23.5. The molecule has 0 aliphatic heterocycles. The van der Waals surface area contributed by atoms with Crippen molar-refractivity contribution in [3.63, 3.8) is 0 Å². The van der Waals surface area contributed by atoms with E-state index in [4.69, 9.17) is 16.0 Å². The summed E-state index contributed by atoms with van der Waals surface area (Å²) in [5.41, 5.74) is 0.285. The maximum absolute atomic E-state index is 13.5. The Hall–Kier alpha value is -3.33. The van der Waals surface area contributed by atoms with Crippen molar-refractivity contribution in [1.29, 1.82) is 0 Å². The molecule has 8 nitrogen and oxygen atoms in total. The molecule has 0 unspecified atom stereocenters. The van der Waals surface area contributed by atoms with Gasteiger partial charge in [-0.1, -0.05) is 11.6 Å². The summed E-state index contributed by atoms with van der Waals surface area (Å²) in [6.07, 6.45) is 0.528. The van der Waals surface area contributed by atoms with Crippen molar-refractivity contribution in [2.45, 2.75) is 0 Å². The summed E-state index contributed by atoms with van der Waals surface area (Å²) in [4.78, 5) is 28.2. The van der Waals surface area contributed by atoms with E-state index in [9.17, 15) is 19.1 Å². The van der Waals surface area contributed by atoms with Crippen LogP contribution in [0.4, 0.5) is 31.2 Å². The molecule has 3 aromatic rings. The summed E-state index contributed by atoms with van der Waals surface area (Å²) in [5, 5.41) is 12.1. The van der Waals surface area contributed by atoms with Crippen LogP contribution in [0.15, 0.2) is 41.1 Å². The molecule has 0 bridgehead atoms. The predicted molar refractivity (Wildman–Crippen MR) is 91.6 cm³/mol. The van der Waals surface area contributed by atoms with E-state index >= 15 is 0 Å². The van der Waals surface area contributed by atoms with Gasteiger partial charge in [0.15, 0.2) is 5.58 Å². The summed E-state index contributed by atoms with van der Waals surface area (Å²) in [6, 6.07) is 4.92. The number of hydrogen-bond donors (Lipinski definition) is 2. The number of carboxylic acid groups (broad SMARTS) is 1. The number of carbonyl (C=O) groups excluding carboxylic acids is 1. The first-order chi connectivity index (χ1) is 12.4. The van der Waals surface area contributed by atoms with Crippen molar-refractivity contribution >= 4 is 52.0 Å². The number of amides is 2. The number of anilines is 3. The normalized spacial score (nSPS) is 10.6. The first kappa shape index (κ1) is 17.5. The van der Waals surface area contributed by atoms with E-state index in [0.717, 1.165) is 24.1 Å². The van der Waals surface area contributed by atoms with Gasteiger partial charge >= 0.3 is 12.2 Å². The molecule has 134 valence electrons. The van der Waals surface area contributed by atoms with Gasteiger partial charge in [0.05, 0.1) is 29.4 Å². The third-order valence-corrected chi connectivity index (χ3v) is 3.73. The molecule has 3 rings (SSSR count). The van der Waals surface area contributed by atoms with E-state index in [0.29, 0.717) is 5.39 Å². The van der Waals surface area contributed by atoms with Gasteiger partial charge in [-0.05, 0) is 24.3 Å². The van der Waals surface area contributed by atoms with Crippen LogP contribution in [0.5, 0.6) is 0 Å². The number of aromatic nitrogens is 1. The maximum Gasteiger partial charge on any atom is 0.416 e. The number of hydrogen-bond acceptors (Lipinski definition) is 5. The Labute approximate surface area is 150 Å². The van der Waals surface area contributed by atoms with Crippen LogP contribution in [-0.4, -0.2) is 29.4 Å². The summed E-state index contributed by atoms with van der Waals surface area (Å²) in [5.74, 6) is -0.877. The quantitative estimate of drug-likeness (QED) is 0.688. The van der Waals surface area contributed by atoms with Crippen molar-refractivity contribution < 1.29 is 28.2 Å². The molecule has 0 atom stereocenters. The lowest BCUT2D eigenvalue weighted by Gasteiger charge is -2.20. The van der Waals surface area contributed by atoms with Crippen molar-refractivity contribution in [3.05, 3.63) is 47.5 Å². The number of fused-ring (bicyclic) bond motifs is 1. The third-order valence-electron chi connectivity index (χ3n) is 3.44. The average molecular weight is 380 g/mol. The van der Waals surface area contributed by atoms with E-state index < -0.39 is 18.0 Å². The molecule has 0 fully saturated rings. The zero-order valence-electron chi connectivity index (χ0n) is 13.2. The fraction of sp³-hybridized carbons (Fsp3) is 0.0625. The number of furan rings is 1. The molecular weight excluding hydrogens is 369 g/mol. The van der Waals surface area contributed by atoms with Gasteiger partial charge in [0.2, 0.25) is 5.88 Å². The second kappa shape index (κ2) is 6.89. The Kier molecular flexibility index (Phi) is 4.63. The zero-order valence-corrected chi connectivity index (χ0v) is 14.0. The van der Waals surface area contributed by atoms with Crippen LogP contribution >= 0.6 is 11.6 Å². The number of halogens is 2. The van der Waals surface area contributed by atoms with Gasteiger partial charge in [0.1, 0.15) is 11.5 Å². The first-order valence-corrected chi connectivity index (χ1v) is 7.49. The molecule has 2 amide bonds. The molecule has 2 N–H and O–H groups in total. The Balaban J connectivity index is 2.24. The van der Waals surface area contributed by atoms with E-state index in [1.165, 1.54) is 24.5 Å². The van der Waals surface area contributed by atoms with Crippen LogP contribution in [0, 0.1) is 5.82 Å². The van der Waals surface area contributed by atoms with Gasteiger partial charge < -0.3 is 14.3 Å². The number of methoxy groups -OCH3 is 1. The van der Waals surface area contributed by atoms with Gasteiger partial charge in [-0.15, -0.1) is 0 Å². The van der Waals surface area contributed by atoms with Gasteiger partial charge in [0, 0.05) is 6.20 Å². The number of nitrogens with one attached hydrogen (secondary N) is 1. The molecule has 0 spiro atoms. The maximum atomic E-state index is 13.5. The molecular formula is C16H11ClFN3O5. The van der Waals surface area contributed by atoms with Crippen LogP contribution in [0.3, 0.4) is 0 Å². The predicted octanol–water partition coefficient (Wildman–Crippen LogP) is 4.61. The van der Waals surface area contributed by atoms with Crippen molar-refractivity contribution in [3.8, 4) is 0 Å². The largest absolute Gasteiger partial charge is 0.464 e. The van der Waals surface area contributed by atoms with E-state index in [1.807, 2.05) is 0 Å².